The summed E-state index contributed by atoms with van der Waals surface area (Å²) in [6, 6.07) is 9.07. The molecule has 0 saturated carbocycles. The van der Waals surface area contributed by atoms with Gasteiger partial charge in [0.1, 0.15) is 5.92 Å². The predicted octanol–water partition coefficient (Wildman–Crippen LogP) is 0.00198. The van der Waals surface area contributed by atoms with Crippen LogP contribution in [0.25, 0.3) is 0 Å². The van der Waals surface area contributed by atoms with Crippen molar-refractivity contribution in [2.45, 2.75) is 6.54 Å². The molecule has 1 aliphatic rings. The zero-order valence-electron chi connectivity index (χ0n) is 9.09. The van der Waals surface area contributed by atoms with Gasteiger partial charge in [-0.1, -0.05) is 12.1 Å². The van der Waals surface area contributed by atoms with Gasteiger partial charge in [-0.25, -0.2) is 0 Å². The maximum Gasteiger partial charge on any atom is 0.237 e. The fraction of sp³-hybridized carbons (Fsp3) is 0.250. The fourth-order valence-corrected chi connectivity index (χ4v) is 1.81. The van der Waals surface area contributed by atoms with Crippen LogP contribution in [0, 0.1) is 17.2 Å². The van der Waals surface area contributed by atoms with Crippen LogP contribution in [-0.4, -0.2) is 23.3 Å². The maximum absolute atomic E-state index is 11.5. The standard InChI is InChI=1S/C12H11N3O2/c13-5-8-2-1-3-9(4-8)6-15-7-10(11(14)16)12(15)17/h1-4,10H,6-7H2,(H2,14,16)/t10-/m0/s1. The van der Waals surface area contributed by atoms with E-state index in [9.17, 15) is 9.59 Å². The van der Waals surface area contributed by atoms with Gasteiger partial charge in [-0.3, -0.25) is 9.59 Å². The molecule has 5 heteroatoms. The largest absolute Gasteiger partial charge is 0.369 e. The Balaban J connectivity index is 2.02. The number of likely N-dealkylation sites (tertiary alicyclic amines) is 1. The lowest BCUT2D eigenvalue weighted by molar-refractivity contribution is -0.153. The molecule has 1 saturated heterocycles. The van der Waals surface area contributed by atoms with Gasteiger partial charge in [0, 0.05) is 13.1 Å². The van der Waals surface area contributed by atoms with Gasteiger partial charge in [-0.15, -0.1) is 0 Å². The number of amides is 2. The van der Waals surface area contributed by atoms with E-state index in [-0.39, 0.29) is 5.91 Å². The molecule has 1 aliphatic heterocycles. The first-order chi connectivity index (χ1) is 8.11. The maximum atomic E-state index is 11.5. The van der Waals surface area contributed by atoms with E-state index >= 15 is 0 Å². The van der Waals surface area contributed by atoms with Gasteiger partial charge in [-0.05, 0) is 17.7 Å². The summed E-state index contributed by atoms with van der Waals surface area (Å²) in [5.41, 5.74) is 6.49. The SMILES string of the molecule is N#Cc1cccc(CN2C[C@@H](C(N)=O)C2=O)c1. The number of hydrogen-bond acceptors (Lipinski definition) is 3. The van der Waals surface area contributed by atoms with E-state index < -0.39 is 11.8 Å². The molecule has 1 heterocycles. The van der Waals surface area contributed by atoms with Gasteiger partial charge in [0.15, 0.2) is 0 Å². The lowest BCUT2D eigenvalue weighted by atomic mass is 9.97. The number of rotatable bonds is 3. The van der Waals surface area contributed by atoms with Gasteiger partial charge < -0.3 is 10.6 Å². The number of nitriles is 1. The first-order valence-corrected chi connectivity index (χ1v) is 5.19. The third-order valence-electron chi connectivity index (χ3n) is 2.79. The van der Waals surface area contributed by atoms with Crippen LogP contribution in [-0.2, 0) is 16.1 Å². The van der Waals surface area contributed by atoms with Crippen LogP contribution >= 0.6 is 0 Å². The number of carbonyl (C=O) groups excluding carboxylic acids is 2. The van der Waals surface area contributed by atoms with Gasteiger partial charge in [-0.2, -0.15) is 5.26 Å². The smallest absolute Gasteiger partial charge is 0.237 e. The van der Waals surface area contributed by atoms with E-state index in [1.807, 2.05) is 12.1 Å². The summed E-state index contributed by atoms with van der Waals surface area (Å²) in [6.07, 6.45) is 0. The average Bonchev–Trinajstić information content (AvgIpc) is 2.33. The molecule has 1 fully saturated rings. The molecule has 86 valence electrons. The molecule has 2 rings (SSSR count). The molecule has 0 aromatic heterocycles. The quantitative estimate of drug-likeness (QED) is 0.584. The Hall–Kier alpha value is -2.35. The molecule has 1 atom stereocenters. The van der Waals surface area contributed by atoms with E-state index in [4.69, 9.17) is 11.0 Å². The second kappa shape index (κ2) is 4.26. The van der Waals surface area contributed by atoms with Crippen LogP contribution in [0.4, 0.5) is 0 Å². The number of nitrogens with two attached hydrogens (primary N) is 1. The highest BCUT2D eigenvalue weighted by Gasteiger charge is 2.40. The Bertz CT molecular complexity index is 519. The van der Waals surface area contributed by atoms with Crippen molar-refractivity contribution in [2.24, 2.45) is 11.7 Å². The zero-order valence-corrected chi connectivity index (χ0v) is 9.09. The van der Waals surface area contributed by atoms with Crippen LogP contribution < -0.4 is 5.73 Å². The highest BCUT2D eigenvalue weighted by Crippen LogP contribution is 2.20. The number of primary amides is 1. The van der Waals surface area contributed by atoms with Gasteiger partial charge in [0.2, 0.25) is 11.8 Å². The van der Waals surface area contributed by atoms with Crippen molar-refractivity contribution < 1.29 is 9.59 Å². The molecule has 0 unspecified atom stereocenters. The monoisotopic (exact) mass is 229 g/mol. The summed E-state index contributed by atoms with van der Waals surface area (Å²) in [6.45, 7) is 0.781. The van der Waals surface area contributed by atoms with E-state index in [0.29, 0.717) is 18.7 Å². The Kier molecular flexibility index (Phi) is 2.79. The number of β-lactam (4-membered cyclic amide) rings is 1. The summed E-state index contributed by atoms with van der Waals surface area (Å²) >= 11 is 0. The minimum absolute atomic E-state index is 0.236. The van der Waals surface area contributed by atoms with Crippen LogP contribution in [0.2, 0.25) is 0 Å². The van der Waals surface area contributed by atoms with Crippen LogP contribution in [0.1, 0.15) is 11.1 Å². The molecule has 0 bridgehead atoms. The predicted molar refractivity (Wildman–Crippen MR) is 59.3 cm³/mol. The number of nitrogens with zero attached hydrogens (tertiary/aromatic N) is 2. The summed E-state index contributed by atoms with van der Waals surface area (Å²) in [7, 11) is 0. The Morgan fingerprint density at radius 3 is 2.94 bits per heavy atom. The molecule has 0 spiro atoms. The lowest BCUT2D eigenvalue weighted by Gasteiger charge is -2.36. The minimum Gasteiger partial charge on any atom is -0.369 e. The van der Waals surface area contributed by atoms with Crippen LogP contribution in [0.15, 0.2) is 24.3 Å². The molecule has 17 heavy (non-hydrogen) atoms. The van der Waals surface area contributed by atoms with E-state index in [1.54, 1.807) is 23.1 Å². The highest BCUT2D eigenvalue weighted by atomic mass is 16.2. The normalized spacial score (nSPS) is 18.4. The van der Waals surface area contributed by atoms with Gasteiger partial charge >= 0.3 is 0 Å². The van der Waals surface area contributed by atoms with Gasteiger partial charge in [0.05, 0.1) is 11.6 Å². The first kappa shape index (κ1) is 11.1. The van der Waals surface area contributed by atoms with Crippen LogP contribution in [0.5, 0.6) is 0 Å². The Morgan fingerprint density at radius 2 is 2.35 bits per heavy atom. The molecule has 5 nitrogen and oxygen atoms in total. The topological polar surface area (TPSA) is 87.2 Å². The van der Waals surface area contributed by atoms with Crippen molar-refractivity contribution in [3.8, 4) is 6.07 Å². The van der Waals surface area contributed by atoms with Gasteiger partial charge in [0.25, 0.3) is 0 Å². The molecule has 2 N–H and O–H groups in total. The fourth-order valence-electron chi connectivity index (χ4n) is 1.81. The molecule has 0 aliphatic carbocycles. The summed E-state index contributed by atoms with van der Waals surface area (Å²) in [5.74, 6) is -1.48. The van der Waals surface area contributed by atoms with E-state index in [1.165, 1.54) is 0 Å². The summed E-state index contributed by atoms with van der Waals surface area (Å²) in [5, 5.41) is 8.74. The van der Waals surface area contributed by atoms with Crippen molar-refractivity contribution in [3.05, 3.63) is 35.4 Å². The third kappa shape index (κ3) is 2.11. The second-order valence-electron chi connectivity index (χ2n) is 3.99. The Labute approximate surface area is 98.4 Å². The van der Waals surface area contributed by atoms with Crippen molar-refractivity contribution >= 4 is 11.8 Å². The number of carbonyl (C=O) groups is 2. The van der Waals surface area contributed by atoms with Crippen LogP contribution in [0.3, 0.4) is 0 Å². The molecule has 0 radical (unpaired) electrons. The Morgan fingerprint density at radius 1 is 1.59 bits per heavy atom. The lowest BCUT2D eigenvalue weighted by Crippen LogP contribution is -2.56. The zero-order chi connectivity index (χ0) is 12.4. The van der Waals surface area contributed by atoms with Crippen molar-refractivity contribution in [3.63, 3.8) is 0 Å². The van der Waals surface area contributed by atoms with Crippen molar-refractivity contribution in [2.75, 3.05) is 6.54 Å². The molecule has 1 aromatic carbocycles. The molecular formula is C12H11N3O2. The second-order valence-corrected chi connectivity index (χ2v) is 3.99. The van der Waals surface area contributed by atoms with Crippen molar-refractivity contribution in [1.82, 2.24) is 4.90 Å². The third-order valence-corrected chi connectivity index (χ3v) is 2.79. The summed E-state index contributed by atoms with van der Waals surface area (Å²) in [4.78, 5) is 23.9. The average molecular weight is 229 g/mol. The summed E-state index contributed by atoms with van der Waals surface area (Å²) < 4.78 is 0. The molecule has 2 amide bonds. The van der Waals surface area contributed by atoms with E-state index in [2.05, 4.69) is 0 Å². The highest BCUT2D eigenvalue weighted by molar-refractivity contribution is 6.03. The molecule has 1 aromatic rings. The number of hydrogen-bond donors (Lipinski definition) is 1. The molecular weight excluding hydrogens is 218 g/mol. The van der Waals surface area contributed by atoms with Crippen molar-refractivity contribution in [1.29, 1.82) is 5.26 Å². The van der Waals surface area contributed by atoms with E-state index in [0.717, 1.165) is 5.56 Å². The first-order valence-electron chi connectivity index (χ1n) is 5.19. The number of benzene rings is 1. The minimum atomic E-state index is -0.672.